The first-order chi connectivity index (χ1) is 18.4. The van der Waals surface area contributed by atoms with Crippen LogP contribution in [0.2, 0.25) is 0 Å². The van der Waals surface area contributed by atoms with E-state index in [2.05, 4.69) is 52.6 Å². The number of carbonyl (C=O) groups is 1. The van der Waals surface area contributed by atoms with Crippen molar-refractivity contribution >= 4 is 23.4 Å². The predicted molar refractivity (Wildman–Crippen MR) is 153 cm³/mol. The van der Waals surface area contributed by atoms with Gasteiger partial charge in [0.25, 0.3) is 0 Å². The molecular weight excluding hydrogens is 493 g/mol. The van der Waals surface area contributed by atoms with Crippen LogP contribution in [0.3, 0.4) is 0 Å². The van der Waals surface area contributed by atoms with E-state index in [4.69, 9.17) is 4.99 Å². The molecule has 0 radical (unpaired) electrons. The molecule has 2 heterocycles. The third-order valence-corrected chi connectivity index (χ3v) is 7.75. The number of guanidine groups is 1. The molecule has 2 aliphatic heterocycles. The van der Waals surface area contributed by atoms with Crippen LogP contribution < -0.4 is 10.6 Å². The van der Waals surface area contributed by atoms with E-state index < -0.39 is 5.82 Å². The van der Waals surface area contributed by atoms with E-state index in [0.717, 1.165) is 31.1 Å². The lowest BCUT2D eigenvalue weighted by molar-refractivity contribution is 0.118. The summed E-state index contributed by atoms with van der Waals surface area (Å²) in [7, 11) is 0. The Bertz CT molecular complexity index is 1240. The Morgan fingerprint density at radius 3 is 2.69 bits per heavy atom. The molecule has 1 atom stereocenters. The number of hydrogen-bond acceptors (Lipinski definition) is 4. The fraction of sp³-hybridized carbons (Fsp3) is 0.500. The van der Waals surface area contributed by atoms with Gasteiger partial charge in [0.1, 0.15) is 5.82 Å². The Hall–Kier alpha value is -3.64. The average molecular weight is 534 g/mol. The molecule has 39 heavy (non-hydrogen) atoms. The number of carbonyl (C=O) groups excluding carboxylic acids is 1. The Morgan fingerprint density at radius 2 is 1.97 bits per heavy atom. The van der Waals surface area contributed by atoms with Gasteiger partial charge in [-0.15, -0.1) is 0 Å². The van der Waals surface area contributed by atoms with Gasteiger partial charge in [0, 0.05) is 45.0 Å². The van der Waals surface area contributed by atoms with Crippen LogP contribution in [0.15, 0.2) is 47.5 Å². The van der Waals surface area contributed by atoms with Gasteiger partial charge < -0.3 is 15.1 Å². The van der Waals surface area contributed by atoms with Gasteiger partial charge in [0.2, 0.25) is 5.96 Å². The largest absolute Gasteiger partial charge is 0.335 e. The standard InChI is InChI=1S/C29H36FN7O.CH4/c1-20(2)27-18-36(29(38)33-24-7-4-6-23(30)15-24)13-14-37(27)28(32-19-31)34-26-8-3-5-22-17-35(12-11-25(22)26)16-21-9-10-21;/h3-8,15,20-21,27H,9-14,16-18H2,1-2H3,(H,32,34)(H,33,38);1H4/t27-;/m1./s1. The fourth-order valence-corrected chi connectivity index (χ4v) is 5.50. The topological polar surface area (TPSA) is 87.0 Å². The molecule has 3 aliphatic rings. The number of anilines is 1. The van der Waals surface area contributed by atoms with Crippen LogP contribution >= 0.6 is 0 Å². The summed E-state index contributed by atoms with van der Waals surface area (Å²) in [5.74, 6) is 1.19. The number of halogens is 1. The van der Waals surface area contributed by atoms with E-state index in [1.54, 1.807) is 17.0 Å². The number of nitrogens with one attached hydrogen (secondary N) is 2. The number of benzene rings is 2. The summed E-state index contributed by atoms with van der Waals surface area (Å²) in [4.78, 5) is 24.4. The van der Waals surface area contributed by atoms with Crippen LogP contribution in [0, 0.1) is 29.1 Å². The summed E-state index contributed by atoms with van der Waals surface area (Å²) in [5, 5.41) is 15.2. The Morgan fingerprint density at radius 1 is 1.18 bits per heavy atom. The molecule has 5 rings (SSSR count). The number of rotatable bonds is 5. The van der Waals surface area contributed by atoms with Crippen LogP contribution in [-0.4, -0.2) is 65.5 Å². The highest BCUT2D eigenvalue weighted by Crippen LogP contribution is 2.34. The van der Waals surface area contributed by atoms with Crippen LogP contribution in [0.5, 0.6) is 0 Å². The summed E-state index contributed by atoms with van der Waals surface area (Å²) in [5.41, 5.74) is 3.90. The molecule has 2 amide bonds. The Labute approximate surface area is 231 Å². The fourth-order valence-electron chi connectivity index (χ4n) is 5.50. The number of fused-ring (bicyclic) bond motifs is 1. The molecule has 0 unspecified atom stereocenters. The molecule has 2 aromatic carbocycles. The van der Waals surface area contributed by atoms with Crippen molar-refractivity contribution < 1.29 is 9.18 Å². The van der Waals surface area contributed by atoms with Crippen molar-refractivity contribution in [3.8, 4) is 6.19 Å². The molecule has 9 heteroatoms. The molecule has 0 aromatic heterocycles. The third kappa shape index (κ3) is 6.87. The van der Waals surface area contributed by atoms with E-state index in [1.807, 2.05) is 6.07 Å². The van der Waals surface area contributed by atoms with Crippen LogP contribution in [0.25, 0.3) is 0 Å². The van der Waals surface area contributed by atoms with Crippen molar-refractivity contribution in [3.63, 3.8) is 0 Å². The van der Waals surface area contributed by atoms with Gasteiger partial charge in [-0.2, -0.15) is 5.26 Å². The van der Waals surface area contributed by atoms with Crippen molar-refractivity contribution in [3.05, 3.63) is 59.4 Å². The van der Waals surface area contributed by atoms with E-state index >= 15 is 0 Å². The normalized spacial score (nSPS) is 19.7. The second-order valence-corrected chi connectivity index (χ2v) is 10.9. The van der Waals surface area contributed by atoms with E-state index in [0.29, 0.717) is 31.3 Å². The summed E-state index contributed by atoms with van der Waals surface area (Å²) >= 11 is 0. The van der Waals surface area contributed by atoms with E-state index in [9.17, 15) is 14.4 Å². The smallest absolute Gasteiger partial charge is 0.321 e. The van der Waals surface area contributed by atoms with Crippen molar-refractivity contribution in [2.45, 2.75) is 53.1 Å². The summed E-state index contributed by atoms with van der Waals surface area (Å²) in [6.45, 7) is 8.82. The summed E-state index contributed by atoms with van der Waals surface area (Å²) in [6, 6.07) is 11.9. The lowest BCUT2D eigenvalue weighted by atomic mass is 9.97. The maximum absolute atomic E-state index is 13.6. The zero-order valence-electron chi connectivity index (χ0n) is 22.2. The maximum atomic E-state index is 13.6. The highest BCUT2D eigenvalue weighted by molar-refractivity contribution is 5.90. The predicted octanol–water partition coefficient (Wildman–Crippen LogP) is 5.16. The SMILES string of the molecule is C.CC(C)[C@H]1CN(C(=O)Nc2cccc(F)c2)CCN1C(=Nc1cccc2c1CCN(CC1CC1)C2)NC#N. The van der Waals surface area contributed by atoms with Gasteiger partial charge in [-0.3, -0.25) is 10.2 Å². The monoisotopic (exact) mass is 533 g/mol. The van der Waals surface area contributed by atoms with E-state index in [-0.39, 0.29) is 25.4 Å². The molecule has 0 spiro atoms. The molecule has 0 bridgehead atoms. The first kappa shape index (κ1) is 28.4. The zero-order chi connectivity index (χ0) is 26.6. The number of piperazine rings is 1. The Kier molecular flexibility index (Phi) is 9.08. The minimum absolute atomic E-state index is 0. The highest BCUT2D eigenvalue weighted by Gasteiger charge is 2.34. The molecule has 208 valence electrons. The molecule has 1 saturated carbocycles. The number of amides is 2. The van der Waals surface area contributed by atoms with E-state index in [1.165, 1.54) is 42.6 Å². The molecule has 1 aliphatic carbocycles. The van der Waals surface area contributed by atoms with Crippen LogP contribution in [0.4, 0.5) is 20.6 Å². The van der Waals surface area contributed by atoms with Gasteiger partial charge in [0.15, 0.2) is 6.19 Å². The zero-order valence-corrected chi connectivity index (χ0v) is 22.2. The number of urea groups is 1. The minimum Gasteiger partial charge on any atom is -0.335 e. The first-order valence-corrected chi connectivity index (χ1v) is 13.6. The summed E-state index contributed by atoms with van der Waals surface area (Å²) in [6.07, 6.45) is 5.73. The lowest BCUT2D eigenvalue weighted by Gasteiger charge is -2.44. The van der Waals surface area contributed by atoms with Crippen LogP contribution in [0.1, 0.15) is 45.2 Å². The molecule has 1 saturated heterocycles. The molecule has 2 fully saturated rings. The minimum atomic E-state index is -0.394. The van der Waals surface area contributed by atoms with Gasteiger partial charge in [-0.25, -0.2) is 14.2 Å². The first-order valence-electron chi connectivity index (χ1n) is 13.6. The number of hydrogen-bond donors (Lipinski definition) is 2. The lowest BCUT2D eigenvalue weighted by Crippen LogP contribution is -2.60. The maximum Gasteiger partial charge on any atom is 0.321 e. The van der Waals surface area contributed by atoms with Crippen LogP contribution in [-0.2, 0) is 13.0 Å². The number of nitrogens with zero attached hydrogens (tertiary/aromatic N) is 5. The average Bonchev–Trinajstić information content (AvgIpc) is 3.72. The van der Waals surface area contributed by atoms with Gasteiger partial charge in [-0.1, -0.05) is 39.5 Å². The second kappa shape index (κ2) is 12.5. The quantitative estimate of drug-likeness (QED) is 0.240. The Balaban J connectivity index is 0.00000353. The van der Waals surface area contributed by atoms with Crippen molar-refractivity contribution in [2.75, 3.05) is 38.0 Å². The third-order valence-electron chi connectivity index (χ3n) is 7.75. The highest BCUT2D eigenvalue weighted by atomic mass is 19.1. The number of aliphatic imine (C=N–C) groups is 1. The summed E-state index contributed by atoms with van der Waals surface area (Å²) < 4.78 is 13.6. The molecule has 2 N–H and O–H groups in total. The van der Waals surface area contributed by atoms with Crippen molar-refractivity contribution in [1.82, 2.24) is 20.0 Å². The van der Waals surface area contributed by atoms with Gasteiger partial charge >= 0.3 is 6.03 Å². The van der Waals surface area contributed by atoms with Gasteiger partial charge in [0.05, 0.1) is 11.7 Å². The van der Waals surface area contributed by atoms with Crippen molar-refractivity contribution in [1.29, 1.82) is 5.26 Å². The van der Waals surface area contributed by atoms with Gasteiger partial charge in [-0.05, 0) is 66.5 Å². The number of nitriles is 1. The molecular formula is C30H40FN7O. The molecule has 2 aromatic rings. The van der Waals surface area contributed by atoms with Crippen molar-refractivity contribution in [2.24, 2.45) is 16.8 Å². The second-order valence-electron chi connectivity index (χ2n) is 10.9. The molecule has 8 nitrogen and oxygen atoms in total.